The molecule has 0 spiro atoms. The molecule has 0 heterocycles. The van der Waals surface area contributed by atoms with Crippen LogP contribution in [0.5, 0.6) is 0 Å². The first-order valence-corrected chi connectivity index (χ1v) is 6.20. The van der Waals surface area contributed by atoms with Crippen molar-refractivity contribution in [1.82, 2.24) is 0 Å². The van der Waals surface area contributed by atoms with E-state index in [9.17, 15) is 4.79 Å². The highest BCUT2D eigenvalue weighted by atomic mass is 79.9. The molecule has 0 aliphatic rings. The van der Waals surface area contributed by atoms with E-state index in [0.29, 0.717) is 4.83 Å². The summed E-state index contributed by atoms with van der Waals surface area (Å²) in [6.07, 6.45) is 2.77. The Balaban J connectivity index is 4.29. The molecule has 14 heavy (non-hydrogen) atoms. The van der Waals surface area contributed by atoms with Gasteiger partial charge in [-0.15, -0.1) is 0 Å². The molecule has 2 nitrogen and oxygen atoms in total. The molecule has 0 aliphatic heterocycles. The van der Waals surface area contributed by atoms with Crippen LogP contribution in [0, 0.1) is 11.3 Å². The van der Waals surface area contributed by atoms with E-state index in [0.717, 1.165) is 19.3 Å². The predicted molar refractivity (Wildman–Crippen MR) is 64.4 cm³/mol. The zero-order chi connectivity index (χ0) is 11.4. The smallest absolute Gasteiger partial charge is 0.220 e. The van der Waals surface area contributed by atoms with Gasteiger partial charge >= 0.3 is 0 Å². The molecule has 2 atom stereocenters. The summed E-state index contributed by atoms with van der Waals surface area (Å²) < 4.78 is 0. The molecule has 0 rings (SSSR count). The molecule has 3 heteroatoms. The van der Waals surface area contributed by atoms with Crippen LogP contribution >= 0.6 is 15.9 Å². The summed E-state index contributed by atoms with van der Waals surface area (Å²) in [4.78, 5) is 11.4. The van der Waals surface area contributed by atoms with E-state index in [1.54, 1.807) is 0 Å². The van der Waals surface area contributed by atoms with Gasteiger partial charge in [0, 0.05) is 10.7 Å². The topological polar surface area (TPSA) is 43.1 Å². The summed E-state index contributed by atoms with van der Waals surface area (Å²) in [5, 5.41) is 0. The standard InChI is InChI=1S/C11H22BrNO/c1-5-8(10(13)14)7-9(12)11(3,4)6-2/h8-9H,5-7H2,1-4H3,(H2,13,14). The van der Waals surface area contributed by atoms with Crippen molar-refractivity contribution in [3.05, 3.63) is 0 Å². The molecule has 0 fully saturated rings. The second-order valence-electron chi connectivity index (χ2n) is 4.55. The Bertz CT molecular complexity index is 192. The number of halogens is 1. The molecular formula is C11H22BrNO. The molecule has 0 aromatic carbocycles. The van der Waals surface area contributed by atoms with Gasteiger partial charge in [-0.05, 0) is 24.7 Å². The maximum atomic E-state index is 11.1. The lowest BCUT2D eigenvalue weighted by molar-refractivity contribution is -0.122. The minimum Gasteiger partial charge on any atom is -0.369 e. The van der Waals surface area contributed by atoms with Gasteiger partial charge in [0.25, 0.3) is 0 Å². The van der Waals surface area contributed by atoms with Gasteiger partial charge < -0.3 is 5.73 Å². The Labute approximate surface area is 95.8 Å². The maximum absolute atomic E-state index is 11.1. The number of carbonyl (C=O) groups excluding carboxylic acids is 1. The van der Waals surface area contributed by atoms with Crippen LogP contribution in [0.4, 0.5) is 0 Å². The zero-order valence-corrected chi connectivity index (χ0v) is 11.2. The summed E-state index contributed by atoms with van der Waals surface area (Å²) in [5.41, 5.74) is 5.55. The van der Waals surface area contributed by atoms with Crippen LogP contribution in [0.2, 0.25) is 0 Å². The average Bonchev–Trinajstić information content (AvgIpc) is 2.12. The van der Waals surface area contributed by atoms with Crippen LogP contribution in [0.1, 0.15) is 47.0 Å². The first-order chi connectivity index (χ1) is 6.35. The molecule has 0 bridgehead atoms. The maximum Gasteiger partial charge on any atom is 0.220 e. The van der Waals surface area contributed by atoms with Crippen molar-refractivity contribution in [3.8, 4) is 0 Å². The van der Waals surface area contributed by atoms with Crippen LogP contribution in [0.25, 0.3) is 0 Å². The van der Waals surface area contributed by atoms with E-state index in [1.807, 2.05) is 6.92 Å². The largest absolute Gasteiger partial charge is 0.369 e. The third kappa shape index (κ3) is 3.99. The fourth-order valence-corrected chi connectivity index (χ4v) is 2.05. The third-order valence-corrected chi connectivity index (χ3v) is 4.76. The van der Waals surface area contributed by atoms with Crippen LogP contribution in [0.15, 0.2) is 0 Å². The molecule has 0 aromatic rings. The molecule has 1 amide bonds. The Kier molecular flexibility index (Phi) is 5.72. The first-order valence-electron chi connectivity index (χ1n) is 5.28. The van der Waals surface area contributed by atoms with E-state index in [2.05, 4.69) is 36.7 Å². The molecule has 2 unspecified atom stereocenters. The van der Waals surface area contributed by atoms with Crippen LogP contribution in [-0.4, -0.2) is 10.7 Å². The summed E-state index contributed by atoms with van der Waals surface area (Å²) in [7, 11) is 0. The monoisotopic (exact) mass is 263 g/mol. The molecule has 2 N–H and O–H groups in total. The van der Waals surface area contributed by atoms with Gasteiger partial charge in [-0.25, -0.2) is 0 Å². The van der Waals surface area contributed by atoms with Crippen molar-refractivity contribution in [2.45, 2.75) is 51.8 Å². The fourth-order valence-electron chi connectivity index (χ4n) is 1.27. The van der Waals surface area contributed by atoms with E-state index >= 15 is 0 Å². The Morgan fingerprint density at radius 2 is 1.93 bits per heavy atom. The summed E-state index contributed by atoms with van der Waals surface area (Å²) in [5.74, 6) is -0.172. The van der Waals surface area contributed by atoms with Gasteiger partial charge in [0.05, 0.1) is 0 Å². The van der Waals surface area contributed by atoms with Crippen LogP contribution in [-0.2, 0) is 4.79 Å². The predicted octanol–water partition coefficient (Wildman–Crippen LogP) is 3.09. The van der Waals surface area contributed by atoms with Gasteiger partial charge in [-0.2, -0.15) is 0 Å². The highest BCUT2D eigenvalue weighted by Gasteiger charge is 2.28. The summed E-state index contributed by atoms with van der Waals surface area (Å²) >= 11 is 3.66. The van der Waals surface area contributed by atoms with Crippen molar-refractivity contribution in [2.75, 3.05) is 0 Å². The second-order valence-corrected chi connectivity index (χ2v) is 5.66. The second kappa shape index (κ2) is 5.74. The molecule has 0 aliphatic carbocycles. The van der Waals surface area contributed by atoms with Crippen LogP contribution in [0.3, 0.4) is 0 Å². The molecule has 0 radical (unpaired) electrons. The molecule has 0 saturated carbocycles. The highest BCUT2D eigenvalue weighted by Crippen LogP contribution is 2.35. The fraction of sp³-hybridized carbons (Fsp3) is 0.909. The molecule has 0 saturated heterocycles. The van der Waals surface area contributed by atoms with Gasteiger partial charge in [0.2, 0.25) is 5.91 Å². The van der Waals surface area contributed by atoms with E-state index < -0.39 is 0 Å². The zero-order valence-electron chi connectivity index (χ0n) is 9.64. The number of alkyl halides is 1. The first kappa shape index (κ1) is 13.9. The lowest BCUT2D eigenvalue weighted by Crippen LogP contribution is -2.31. The Morgan fingerprint density at radius 3 is 2.21 bits per heavy atom. The quantitative estimate of drug-likeness (QED) is 0.736. The number of nitrogens with two attached hydrogens (primary N) is 1. The SMILES string of the molecule is CCC(CC(Br)C(C)(C)CC)C(N)=O. The van der Waals surface area contributed by atoms with Gasteiger partial charge in [-0.1, -0.05) is 43.6 Å². The van der Waals surface area contributed by atoms with E-state index in [4.69, 9.17) is 5.73 Å². The van der Waals surface area contributed by atoms with Gasteiger partial charge in [0.15, 0.2) is 0 Å². The number of rotatable bonds is 6. The summed E-state index contributed by atoms with van der Waals surface area (Å²) in [6.45, 7) is 8.59. The minimum atomic E-state index is -0.177. The molecule has 0 aromatic heterocycles. The number of primary amides is 1. The average molecular weight is 264 g/mol. The van der Waals surface area contributed by atoms with E-state index in [-0.39, 0.29) is 17.2 Å². The van der Waals surface area contributed by atoms with Crippen molar-refractivity contribution in [2.24, 2.45) is 17.1 Å². The number of hydrogen-bond donors (Lipinski definition) is 1. The molecular weight excluding hydrogens is 242 g/mol. The van der Waals surface area contributed by atoms with Crippen molar-refractivity contribution < 1.29 is 4.79 Å². The Hall–Kier alpha value is -0.0500. The normalized spacial score (nSPS) is 16.4. The number of carbonyl (C=O) groups is 1. The third-order valence-electron chi connectivity index (χ3n) is 3.15. The lowest BCUT2D eigenvalue weighted by atomic mass is 9.81. The highest BCUT2D eigenvalue weighted by molar-refractivity contribution is 9.09. The summed E-state index contributed by atoms with van der Waals surface area (Å²) in [6, 6.07) is 0. The minimum absolute atomic E-state index is 0.00481. The van der Waals surface area contributed by atoms with Crippen LogP contribution < -0.4 is 5.73 Å². The van der Waals surface area contributed by atoms with Crippen molar-refractivity contribution >= 4 is 21.8 Å². The van der Waals surface area contributed by atoms with Crippen molar-refractivity contribution in [1.29, 1.82) is 0 Å². The van der Waals surface area contributed by atoms with Gasteiger partial charge in [-0.3, -0.25) is 4.79 Å². The van der Waals surface area contributed by atoms with Crippen molar-refractivity contribution in [3.63, 3.8) is 0 Å². The lowest BCUT2D eigenvalue weighted by Gasteiger charge is -2.30. The Morgan fingerprint density at radius 1 is 1.43 bits per heavy atom. The van der Waals surface area contributed by atoms with E-state index in [1.165, 1.54) is 0 Å². The number of hydrogen-bond acceptors (Lipinski definition) is 1. The van der Waals surface area contributed by atoms with Gasteiger partial charge in [0.1, 0.15) is 0 Å². The molecule has 84 valence electrons. The number of amides is 1.